The van der Waals surface area contributed by atoms with Gasteiger partial charge in [0.25, 0.3) is 0 Å². The summed E-state index contributed by atoms with van der Waals surface area (Å²) in [5.41, 5.74) is 1.06. The minimum Gasteiger partial charge on any atom is -0.463 e. The van der Waals surface area contributed by atoms with Crippen LogP contribution in [0.25, 0.3) is 0 Å². The number of hydrogen-bond donors (Lipinski definition) is 1. The molecule has 1 aromatic carbocycles. The van der Waals surface area contributed by atoms with Gasteiger partial charge in [-0.1, -0.05) is 30.3 Å². The lowest BCUT2D eigenvalue weighted by atomic mass is 10.2. The second-order valence-corrected chi connectivity index (χ2v) is 4.86. The minimum atomic E-state index is -0.300. The van der Waals surface area contributed by atoms with Crippen LogP contribution >= 0.6 is 0 Å². The Kier molecular flexibility index (Phi) is 6.56. The van der Waals surface area contributed by atoms with Crippen LogP contribution in [0.1, 0.15) is 25.8 Å². The van der Waals surface area contributed by atoms with Gasteiger partial charge in [0.1, 0.15) is 0 Å². The van der Waals surface area contributed by atoms with Gasteiger partial charge < -0.3 is 15.0 Å². The number of carbonyl (C=O) groups excluding carboxylic acids is 2. The van der Waals surface area contributed by atoms with Crippen LogP contribution in [0.5, 0.6) is 0 Å². The molecule has 0 aliphatic carbocycles. The standard InChI is InChI=1S/C15H22N2O3/c1-12(2)20-14(18)9-10-16-15(19)17(3)11-13-7-5-4-6-8-13/h4-8,12H,9-11H2,1-3H3,(H,16,19). The number of amides is 2. The van der Waals surface area contributed by atoms with E-state index < -0.39 is 0 Å². The highest BCUT2D eigenvalue weighted by molar-refractivity contribution is 5.75. The monoisotopic (exact) mass is 278 g/mol. The molecule has 0 aromatic heterocycles. The van der Waals surface area contributed by atoms with Crippen molar-refractivity contribution in [3.63, 3.8) is 0 Å². The van der Waals surface area contributed by atoms with Crippen LogP contribution in [0.2, 0.25) is 0 Å². The van der Waals surface area contributed by atoms with Gasteiger partial charge in [0.15, 0.2) is 0 Å². The SMILES string of the molecule is CC(C)OC(=O)CCNC(=O)N(C)Cc1ccccc1. The van der Waals surface area contributed by atoms with Gasteiger partial charge in [-0.05, 0) is 19.4 Å². The third kappa shape index (κ3) is 6.22. The molecule has 0 unspecified atom stereocenters. The molecule has 20 heavy (non-hydrogen) atoms. The van der Waals surface area contributed by atoms with Gasteiger partial charge >= 0.3 is 12.0 Å². The number of carbonyl (C=O) groups is 2. The smallest absolute Gasteiger partial charge is 0.317 e. The molecule has 0 fully saturated rings. The molecule has 0 bridgehead atoms. The van der Waals surface area contributed by atoms with E-state index in [4.69, 9.17) is 4.74 Å². The van der Waals surface area contributed by atoms with Gasteiger partial charge in [-0.3, -0.25) is 4.79 Å². The maximum atomic E-state index is 11.8. The minimum absolute atomic E-state index is 0.126. The molecule has 1 rings (SSSR count). The Morgan fingerprint density at radius 3 is 2.50 bits per heavy atom. The zero-order valence-electron chi connectivity index (χ0n) is 12.3. The Morgan fingerprint density at radius 1 is 1.25 bits per heavy atom. The first-order chi connectivity index (χ1) is 9.49. The van der Waals surface area contributed by atoms with E-state index in [0.29, 0.717) is 6.54 Å². The zero-order chi connectivity index (χ0) is 15.0. The fraction of sp³-hybridized carbons (Fsp3) is 0.467. The summed E-state index contributed by atoms with van der Waals surface area (Å²) in [7, 11) is 1.72. The number of esters is 1. The Labute approximate surface area is 119 Å². The van der Waals surface area contributed by atoms with Crippen LogP contribution in [0.4, 0.5) is 4.79 Å². The molecule has 0 saturated heterocycles. The maximum Gasteiger partial charge on any atom is 0.317 e. The van der Waals surface area contributed by atoms with Crippen molar-refractivity contribution in [2.45, 2.75) is 32.9 Å². The Balaban J connectivity index is 2.27. The van der Waals surface area contributed by atoms with E-state index in [1.807, 2.05) is 30.3 Å². The van der Waals surface area contributed by atoms with Crippen LogP contribution in [0.3, 0.4) is 0 Å². The summed E-state index contributed by atoms with van der Waals surface area (Å²) in [5.74, 6) is -0.300. The van der Waals surface area contributed by atoms with Crippen molar-refractivity contribution >= 4 is 12.0 Å². The fourth-order valence-corrected chi connectivity index (χ4v) is 1.66. The summed E-state index contributed by atoms with van der Waals surface area (Å²) in [5, 5.41) is 2.69. The largest absolute Gasteiger partial charge is 0.463 e. The highest BCUT2D eigenvalue weighted by atomic mass is 16.5. The number of urea groups is 1. The molecule has 0 heterocycles. The maximum absolute atomic E-state index is 11.8. The Hall–Kier alpha value is -2.04. The van der Waals surface area contributed by atoms with Gasteiger partial charge in [-0.15, -0.1) is 0 Å². The van der Waals surface area contributed by atoms with Crippen molar-refractivity contribution in [3.05, 3.63) is 35.9 Å². The third-order valence-electron chi connectivity index (χ3n) is 2.58. The van der Waals surface area contributed by atoms with Crippen molar-refractivity contribution in [1.29, 1.82) is 0 Å². The molecular weight excluding hydrogens is 256 g/mol. The second kappa shape index (κ2) is 8.19. The highest BCUT2D eigenvalue weighted by Crippen LogP contribution is 2.02. The first kappa shape index (κ1) is 16.0. The Morgan fingerprint density at radius 2 is 1.90 bits per heavy atom. The fourth-order valence-electron chi connectivity index (χ4n) is 1.66. The molecule has 2 amide bonds. The molecule has 0 saturated carbocycles. The predicted molar refractivity (Wildman–Crippen MR) is 77.2 cm³/mol. The van der Waals surface area contributed by atoms with Crippen molar-refractivity contribution in [1.82, 2.24) is 10.2 Å². The number of hydrogen-bond acceptors (Lipinski definition) is 3. The third-order valence-corrected chi connectivity index (χ3v) is 2.58. The van der Waals surface area contributed by atoms with E-state index in [0.717, 1.165) is 5.56 Å². The molecule has 110 valence electrons. The number of nitrogens with one attached hydrogen (secondary N) is 1. The second-order valence-electron chi connectivity index (χ2n) is 4.86. The van der Waals surface area contributed by atoms with E-state index in [2.05, 4.69) is 5.32 Å². The van der Waals surface area contributed by atoms with Crippen molar-refractivity contribution in [2.75, 3.05) is 13.6 Å². The summed E-state index contributed by atoms with van der Waals surface area (Å²) < 4.78 is 4.98. The van der Waals surface area contributed by atoms with Crippen LogP contribution in [-0.4, -0.2) is 36.6 Å². The number of benzene rings is 1. The van der Waals surface area contributed by atoms with E-state index >= 15 is 0 Å². The average Bonchev–Trinajstić information content (AvgIpc) is 2.38. The lowest BCUT2D eigenvalue weighted by Gasteiger charge is -2.18. The predicted octanol–water partition coefficient (Wildman–Crippen LogP) is 2.17. The number of nitrogens with zero attached hydrogens (tertiary/aromatic N) is 1. The molecule has 0 atom stereocenters. The molecule has 5 nitrogen and oxygen atoms in total. The quantitative estimate of drug-likeness (QED) is 0.811. The summed E-state index contributed by atoms with van der Waals surface area (Å²) in [6, 6.07) is 9.52. The van der Waals surface area contributed by atoms with Gasteiger partial charge in [0.2, 0.25) is 0 Å². The molecule has 5 heteroatoms. The summed E-state index contributed by atoms with van der Waals surface area (Å²) in [6.07, 6.45) is 0.0577. The van der Waals surface area contributed by atoms with Gasteiger partial charge in [-0.25, -0.2) is 4.79 Å². The Bertz CT molecular complexity index is 432. The van der Waals surface area contributed by atoms with Crippen molar-refractivity contribution < 1.29 is 14.3 Å². The van der Waals surface area contributed by atoms with E-state index in [1.165, 1.54) is 0 Å². The molecule has 0 radical (unpaired) electrons. The van der Waals surface area contributed by atoms with E-state index in [9.17, 15) is 9.59 Å². The summed E-state index contributed by atoms with van der Waals surface area (Å²) in [6.45, 7) is 4.40. The highest BCUT2D eigenvalue weighted by Gasteiger charge is 2.10. The van der Waals surface area contributed by atoms with Gasteiger partial charge in [0.05, 0.1) is 12.5 Å². The molecular formula is C15H22N2O3. The molecule has 0 aliphatic heterocycles. The zero-order valence-corrected chi connectivity index (χ0v) is 12.3. The molecule has 0 spiro atoms. The topological polar surface area (TPSA) is 58.6 Å². The number of ether oxygens (including phenoxy) is 1. The van der Waals surface area contributed by atoms with E-state index in [1.54, 1.807) is 25.8 Å². The first-order valence-electron chi connectivity index (χ1n) is 6.71. The first-order valence-corrected chi connectivity index (χ1v) is 6.71. The molecule has 1 N–H and O–H groups in total. The average molecular weight is 278 g/mol. The van der Waals surface area contributed by atoms with E-state index in [-0.39, 0.29) is 31.1 Å². The lowest BCUT2D eigenvalue weighted by molar-refractivity contribution is -0.147. The number of rotatable bonds is 6. The van der Waals surface area contributed by atoms with Gasteiger partial charge in [-0.2, -0.15) is 0 Å². The lowest BCUT2D eigenvalue weighted by Crippen LogP contribution is -2.38. The van der Waals surface area contributed by atoms with Gasteiger partial charge in [0, 0.05) is 20.1 Å². The van der Waals surface area contributed by atoms with Crippen LogP contribution in [0, 0.1) is 0 Å². The summed E-state index contributed by atoms with van der Waals surface area (Å²) >= 11 is 0. The normalized spacial score (nSPS) is 10.2. The molecule has 1 aromatic rings. The van der Waals surface area contributed by atoms with Crippen molar-refractivity contribution in [3.8, 4) is 0 Å². The van der Waals surface area contributed by atoms with Crippen molar-refractivity contribution in [2.24, 2.45) is 0 Å². The van der Waals surface area contributed by atoms with Crippen LogP contribution < -0.4 is 5.32 Å². The van der Waals surface area contributed by atoms with Crippen LogP contribution in [0.15, 0.2) is 30.3 Å². The summed E-state index contributed by atoms with van der Waals surface area (Å²) in [4.78, 5) is 24.7. The van der Waals surface area contributed by atoms with Crippen LogP contribution in [-0.2, 0) is 16.1 Å². The molecule has 0 aliphatic rings.